The maximum absolute atomic E-state index is 13.2. The van der Waals surface area contributed by atoms with E-state index in [9.17, 15) is 18.8 Å². The van der Waals surface area contributed by atoms with Gasteiger partial charge in [0.15, 0.2) is 4.96 Å². The summed E-state index contributed by atoms with van der Waals surface area (Å²) in [6.45, 7) is 4.12. The van der Waals surface area contributed by atoms with Crippen LogP contribution in [-0.4, -0.2) is 40.2 Å². The normalized spacial score (nSPS) is 10.8. The fourth-order valence-corrected chi connectivity index (χ4v) is 4.43. The lowest BCUT2D eigenvalue weighted by molar-refractivity contribution is -0.115. The van der Waals surface area contributed by atoms with Crippen LogP contribution in [0, 0.1) is 12.7 Å². The van der Waals surface area contributed by atoms with Gasteiger partial charge in [0.05, 0.1) is 5.69 Å². The van der Waals surface area contributed by atoms with Gasteiger partial charge >= 0.3 is 0 Å². The van der Waals surface area contributed by atoms with Gasteiger partial charge in [0.1, 0.15) is 10.7 Å². The molecule has 0 aliphatic carbocycles. The molecule has 10 heteroatoms. The van der Waals surface area contributed by atoms with E-state index in [4.69, 9.17) is 0 Å². The largest absolute Gasteiger partial charge is 0.350 e. The highest BCUT2D eigenvalue weighted by atomic mass is 32.1. The number of thiazole rings is 1. The number of carbonyl (C=O) groups excluding carboxylic acids is 3. The summed E-state index contributed by atoms with van der Waals surface area (Å²) >= 11 is 1.27. The van der Waals surface area contributed by atoms with Crippen LogP contribution >= 0.6 is 11.3 Å². The van der Waals surface area contributed by atoms with Crippen LogP contribution in [-0.2, 0) is 4.79 Å². The number of carbonyl (C=O) groups is 3. The molecule has 180 valence electrons. The van der Waals surface area contributed by atoms with Gasteiger partial charge in [-0.15, -0.1) is 0 Å². The van der Waals surface area contributed by atoms with Crippen molar-refractivity contribution in [1.82, 2.24) is 20.0 Å². The number of hydrogen-bond acceptors (Lipinski definition) is 5. The first-order valence-corrected chi connectivity index (χ1v) is 11.9. The van der Waals surface area contributed by atoms with Gasteiger partial charge in [0.2, 0.25) is 5.91 Å². The van der Waals surface area contributed by atoms with E-state index in [1.165, 1.54) is 23.5 Å². The lowest BCUT2D eigenvalue weighted by Crippen LogP contribution is -2.34. The zero-order valence-corrected chi connectivity index (χ0v) is 20.0. The van der Waals surface area contributed by atoms with Crippen LogP contribution in [0.5, 0.6) is 0 Å². The number of hydrogen-bond donors (Lipinski definition) is 3. The average Bonchev–Trinajstić information content (AvgIpc) is 3.41. The molecule has 0 radical (unpaired) electrons. The maximum atomic E-state index is 13.2. The van der Waals surface area contributed by atoms with Crippen molar-refractivity contribution in [1.29, 1.82) is 0 Å². The highest BCUT2D eigenvalue weighted by molar-refractivity contribution is 7.19. The molecule has 2 aromatic heterocycles. The molecule has 2 heterocycles. The summed E-state index contributed by atoms with van der Waals surface area (Å²) in [4.78, 5) is 42.2. The maximum Gasteiger partial charge on any atom is 0.263 e. The third-order valence-corrected chi connectivity index (χ3v) is 6.51. The van der Waals surface area contributed by atoms with Crippen LogP contribution in [0.3, 0.4) is 0 Å². The number of halogens is 1. The van der Waals surface area contributed by atoms with E-state index in [0.717, 1.165) is 11.3 Å². The lowest BCUT2D eigenvalue weighted by Gasteiger charge is -2.08. The molecule has 0 aliphatic heterocycles. The third kappa shape index (κ3) is 5.55. The summed E-state index contributed by atoms with van der Waals surface area (Å²) in [5, 5.41) is 8.30. The summed E-state index contributed by atoms with van der Waals surface area (Å²) in [6, 6.07) is 12.7. The van der Waals surface area contributed by atoms with Gasteiger partial charge in [-0.25, -0.2) is 9.37 Å². The molecule has 3 N–H and O–H groups in total. The van der Waals surface area contributed by atoms with E-state index < -0.39 is 0 Å². The molecule has 0 spiro atoms. The van der Waals surface area contributed by atoms with Crippen molar-refractivity contribution in [3.63, 3.8) is 0 Å². The van der Waals surface area contributed by atoms with E-state index in [2.05, 4.69) is 20.9 Å². The van der Waals surface area contributed by atoms with Crippen LogP contribution in [0.4, 0.5) is 10.1 Å². The first-order chi connectivity index (χ1) is 16.9. The first kappa shape index (κ1) is 24.1. The molecule has 0 unspecified atom stereocenters. The van der Waals surface area contributed by atoms with Crippen LogP contribution in [0.2, 0.25) is 0 Å². The van der Waals surface area contributed by atoms with Crippen LogP contribution in [0.15, 0.2) is 54.7 Å². The molecule has 0 saturated heterocycles. The molecule has 2 aromatic carbocycles. The predicted molar refractivity (Wildman–Crippen MR) is 133 cm³/mol. The van der Waals surface area contributed by atoms with Crippen LogP contribution in [0.25, 0.3) is 16.2 Å². The molecule has 4 aromatic rings. The van der Waals surface area contributed by atoms with Crippen molar-refractivity contribution >= 4 is 39.7 Å². The van der Waals surface area contributed by atoms with Crippen molar-refractivity contribution < 1.29 is 18.8 Å². The number of benzene rings is 2. The molecular weight excluding hydrogens is 469 g/mol. The molecule has 3 amide bonds. The van der Waals surface area contributed by atoms with E-state index >= 15 is 0 Å². The zero-order chi connectivity index (χ0) is 24.9. The number of fused-ring (bicyclic) bond motifs is 1. The number of amides is 3. The monoisotopic (exact) mass is 493 g/mol. The summed E-state index contributed by atoms with van der Waals surface area (Å²) < 4.78 is 15.0. The number of imidazole rings is 1. The summed E-state index contributed by atoms with van der Waals surface area (Å²) in [7, 11) is 0. The van der Waals surface area contributed by atoms with E-state index in [0.29, 0.717) is 33.2 Å². The highest BCUT2D eigenvalue weighted by Crippen LogP contribution is 2.27. The van der Waals surface area contributed by atoms with Crippen molar-refractivity contribution in [2.75, 3.05) is 18.4 Å². The van der Waals surface area contributed by atoms with Gasteiger partial charge < -0.3 is 16.0 Å². The van der Waals surface area contributed by atoms with Crippen molar-refractivity contribution in [3.05, 3.63) is 76.7 Å². The van der Waals surface area contributed by atoms with E-state index in [1.807, 2.05) is 17.5 Å². The van der Waals surface area contributed by atoms with E-state index in [1.54, 1.807) is 43.3 Å². The molecular formula is C25H24FN5O3S. The molecule has 0 aliphatic rings. The molecule has 8 nitrogen and oxygen atoms in total. The van der Waals surface area contributed by atoms with Crippen LogP contribution in [0.1, 0.15) is 39.1 Å². The predicted octanol–water partition coefficient (Wildman–Crippen LogP) is 4.02. The second kappa shape index (κ2) is 10.5. The smallest absolute Gasteiger partial charge is 0.263 e. The Bertz CT molecular complexity index is 1380. The molecule has 0 bridgehead atoms. The fraction of sp³-hybridized carbons (Fsp3) is 0.200. The Labute approximate surface area is 205 Å². The Morgan fingerprint density at radius 3 is 2.26 bits per heavy atom. The van der Waals surface area contributed by atoms with Gasteiger partial charge in [-0.05, 0) is 55.5 Å². The summed E-state index contributed by atoms with van der Waals surface area (Å²) in [5.74, 6) is -0.921. The number of anilines is 1. The van der Waals surface area contributed by atoms with Gasteiger partial charge in [-0.1, -0.05) is 18.3 Å². The molecule has 35 heavy (non-hydrogen) atoms. The quantitative estimate of drug-likeness (QED) is 0.323. The molecule has 0 fully saturated rings. The van der Waals surface area contributed by atoms with E-state index in [-0.39, 0.29) is 36.6 Å². The Morgan fingerprint density at radius 1 is 0.971 bits per heavy atom. The molecule has 4 rings (SSSR count). The Hall–Kier alpha value is -4.05. The van der Waals surface area contributed by atoms with Gasteiger partial charge in [-0.3, -0.25) is 18.8 Å². The summed E-state index contributed by atoms with van der Waals surface area (Å²) in [5.41, 5.74) is 3.34. The Kier molecular flexibility index (Phi) is 7.21. The van der Waals surface area contributed by atoms with Gasteiger partial charge in [-0.2, -0.15) is 0 Å². The zero-order valence-electron chi connectivity index (χ0n) is 19.2. The second-order valence-corrected chi connectivity index (χ2v) is 8.77. The third-order valence-electron chi connectivity index (χ3n) is 5.35. The number of nitrogens with one attached hydrogen (secondary N) is 3. The summed E-state index contributed by atoms with van der Waals surface area (Å²) in [6.07, 6.45) is 2.20. The minimum atomic E-state index is -0.309. The SMILES string of the molecule is CCC(=O)Nc1ccc(C(=O)NCCNC(=O)c2sc3nc(-c4ccc(F)cc4)cn3c2C)cc1. The first-order valence-electron chi connectivity index (χ1n) is 11.1. The molecule has 0 atom stereocenters. The number of aryl methyl sites for hydroxylation is 1. The highest BCUT2D eigenvalue weighted by Gasteiger charge is 2.18. The lowest BCUT2D eigenvalue weighted by atomic mass is 10.2. The minimum Gasteiger partial charge on any atom is -0.350 e. The average molecular weight is 494 g/mol. The van der Waals surface area contributed by atoms with Gasteiger partial charge in [0.25, 0.3) is 11.8 Å². The topological polar surface area (TPSA) is 105 Å². The fourth-order valence-electron chi connectivity index (χ4n) is 3.41. The van der Waals surface area contributed by atoms with Crippen LogP contribution < -0.4 is 16.0 Å². The Balaban J connectivity index is 1.30. The van der Waals surface area contributed by atoms with Crippen molar-refractivity contribution in [3.8, 4) is 11.3 Å². The second-order valence-electron chi connectivity index (χ2n) is 7.79. The number of rotatable bonds is 8. The minimum absolute atomic E-state index is 0.0967. The Morgan fingerprint density at radius 2 is 1.63 bits per heavy atom. The standard InChI is InChI=1S/C25H24FN5O3S/c1-3-21(32)29-19-10-6-17(7-11-19)23(33)27-12-13-28-24(34)22-15(2)31-14-20(30-25(31)35-22)16-4-8-18(26)9-5-16/h4-11,14H,3,12-13H2,1-2H3,(H,27,33)(H,28,34)(H,29,32). The van der Waals surface area contributed by atoms with Gasteiger partial charge in [0, 0.05) is 48.2 Å². The number of nitrogens with zero attached hydrogens (tertiary/aromatic N) is 2. The number of aromatic nitrogens is 2. The molecule has 0 saturated carbocycles. The van der Waals surface area contributed by atoms with Crippen molar-refractivity contribution in [2.24, 2.45) is 0 Å². The van der Waals surface area contributed by atoms with Crippen molar-refractivity contribution in [2.45, 2.75) is 20.3 Å².